The standard InChI is InChI=1S/C23H21NS/c1-14(2)13-24-20-9-8-15(3)10-17(20)18-11-19-16-6-4-5-7-22(16)25-23(19)12-21(18)24/h4-12,14H,13H2,1-3H3. The molecular formula is C23H21NS. The number of benzene rings is 3. The van der Waals surface area contributed by atoms with Gasteiger partial charge in [-0.1, -0.05) is 43.7 Å². The Morgan fingerprint density at radius 3 is 2.44 bits per heavy atom. The first kappa shape index (κ1) is 15.0. The van der Waals surface area contributed by atoms with Crippen molar-refractivity contribution in [3.05, 3.63) is 60.2 Å². The van der Waals surface area contributed by atoms with Crippen LogP contribution >= 0.6 is 11.3 Å². The van der Waals surface area contributed by atoms with E-state index >= 15 is 0 Å². The number of fused-ring (bicyclic) bond motifs is 6. The molecule has 0 spiro atoms. The van der Waals surface area contributed by atoms with E-state index in [9.17, 15) is 0 Å². The molecule has 0 saturated carbocycles. The molecule has 0 unspecified atom stereocenters. The summed E-state index contributed by atoms with van der Waals surface area (Å²) in [4.78, 5) is 0. The number of aromatic nitrogens is 1. The Morgan fingerprint density at radius 2 is 1.60 bits per heavy atom. The summed E-state index contributed by atoms with van der Waals surface area (Å²) < 4.78 is 5.28. The number of hydrogen-bond donors (Lipinski definition) is 0. The average Bonchev–Trinajstić information content (AvgIpc) is 3.09. The van der Waals surface area contributed by atoms with Crippen molar-refractivity contribution in [2.24, 2.45) is 5.92 Å². The lowest BCUT2D eigenvalue weighted by molar-refractivity contribution is 0.545. The number of aryl methyl sites for hydroxylation is 1. The van der Waals surface area contributed by atoms with E-state index in [0.717, 1.165) is 6.54 Å². The second-order valence-corrected chi connectivity index (χ2v) is 8.57. The van der Waals surface area contributed by atoms with Crippen LogP contribution in [0.1, 0.15) is 19.4 Å². The van der Waals surface area contributed by atoms with Crippen LogP contribution in [0.5, 0.6) is 0 Å². The number of nitrogens with zero attached hydrogens (tertiary/aromatic N) is 1. The molecule has 0 saturated heterocycles. The van der Waals surface area contributed by atoms with E-state index in [1.54, 1.807) is 0 Å². The summed E-state index contributed by atoms with van der Waals surface area (Å²) in [5.41, 5.74) is 4.05. The van der Waals surface area contributed by atoms with Crippen molar-refractivity contribution in [3.8, 4) is 0 Å². The lowest BCUT2D eigenvalue weighted by Crippen LogP contribution is -2.03. The van der Waals surface area contributed by atoms with Crippen LogP contribution in [0.3, 0.4) is 0 Å². The summed E-state index contributed by atoms with van der Waals surface area (Å²) in [5.74, 6) is 0.623. The van der Waals surface area contributed by atoms with Gasteiger partial charge in [0.05, 0.1) is 5.52 Å². The van der Waals surface area contributed by atoms with E-state index in [0.29, 0.717) is 5.92 Å². The predicted octanol–water partition coefficient (Wildman–Crippen LogP) is 7.13. The summed E-state index contributed by atoms with van der Waals surface area (Å²) in [6.45, 7) is 7.83. The Bertz CT molecular complexity index is 1250. The van der Waals surface area contributed by atoms with Gasteiger partial charge in [0, 0.05) is 43.0 Å². The molecule has 0 radical (unpaired) electrons. The van der Waals surface area contributed by atoms with Crippen LogP contribution in [0.4, 0.5) is 0 Å². The second kappa shape index (κ2) is 5.34. The zero-order valence-electron chi connectivity index (χ0n) is 14.8. The van der Waals surface area contributed by atoms with Crippen LogP contribution in [-0.2, 0) is 6.54 Å². The molecule has 5 aromatic rings. The predicted molar refractivity (Wildman–Crippen MR) is 112 cm³/mol. The molecule has 0 fully saturated rings. The Morgan fingerprint density at radius 1 is 0.800 bits per heavy atom. The highest BCUT2D eigenvalue weighted by atomic mass is 32.1. The molecule has 0 N–H and O–H groups in total. The minimum Gasteiger partial charge on any atom is -0.340 e. The van der Waals surface area contributed by atoms with Crippen LogP contribution in [0.2, 0.25) is 0 Å². The average molecular weight is 343 g/mol. The third-order valence-corrected chi connectivity index (χ3v) is 6.20. The zero-order chi connectivity index (χ0) is 17.1. The SMILES string of the molecule is Cc1ccc2c(c1)c1cc3c(cc1n2CC(C)C)sc1ccccc13. The molecule has 0 aliphatic heterocycles. The van der Waals surface area contributed by atoms with Gasteiger partial charge < -0.3 is 4.57 Å². The Balaban J connectivity index is 1.97. The highest BCUT2D eigenvalue weighted by Gasteiger charge is 2.15. The lowest BCUT2D eigenvalue weighted by Gasteiger charge is -2.10. The summed E-state index contributed by atoms with van der Waals surface area (Å²) in [7, 11) is 0. The number of rotatable bonds is 2. The van der Waals surface area contributed by atoms with Gasteiger partial charge in [-0.05, 0) is 43.2 Å². The summed E-state index contributed by atoms with van der Waals surface area (Å²) in [6.07, 6.45) is 0. The molecule has 25 heavy (non-hydrogen) atoms. The van der Waals surface area contributed by atoms with Crippen molar-refractivity contribution >= 4 is 53.3 Å². The minimum atomic E-state index is 0.623. The second-order valence-electron chi connectivity index (χ2n) is 7.49. The van der Waals surface area contributed by atoms with Crippen molar-refractivity contribution in [2.75, 3.05) is 0 Å². The van der Waals surface area contributed by atoms with Crippen LogP contribution < -0.4 is 0 Å². The van der Waals surface area contributed by atoms with Gasteiger partial charge in [-0.25, -0.2) is 0 Å². The fourth-order valence-corrected chi connectivity index (χ4v) is 5.11. The van der Waals surface area contributed by atoms with Crippen LogP contribution in [0, 0.1) is 12.8 Å². The molecule has 3 aromatic carbocycles. The van der Waals surface area contributed by atoms with E-state index < -0.39 is 0 Å². The molecule has 124 valence electrons. The van der Waals surface area contributed by atoms with Gasteiger partial charge in [0.1, 0.15) is 0 Å². The molecule has 2 aromatic heterocycles. The molecule has 0 aliphatic rings. The maximum absolute atomic E-state index is 2.51. The van der Waals surface area contributed by atoms with Crippen LogP contribution in [0.15, 0.2) is 54.6 Å². The molecule has 0 aliphatic carbocycles. The van der Waals surface area contributed by atoms with E-state index in [1.807, 2.05) is 11.3 Å². The van der Waals surface area contributed by atoms with Gasteiger partial charge in [0.25, 0.3) is 0 Å². The highest BCUT2D eigenvalue weighted by Crippen LogP contribution is 2.39. The van der Waals surface area contributed by atoms with Crippen molar-refractivity contribution in [3.63, 3.8) is 0 Å². The smallest absolute Gasteiger partial charge is 0.0506 e. The van der Waals surface area contributed by atoms with Crippen molar-refractivity contribution in [1.29, 1.82) is 0 Å². The van der Waals surface area contributed by atoms with E-state index in [2.05, 4.69) is 79.9 Å². The Hall–Kier alpha value is -2.32. The van der Waals surface area contributed by atoms with Crippen molar-refractivity contribution in [1.82, 2.24) is 4.57 Å². The number of hydrogen-bond acceptors (Lipinski definition) is 1. The fraction of sp³-hybridized carbons (Fsp3) is 0.217. The van der Waals surface area contributed by atoms with Crippen LogP contribution in [-0.4, -0.2) is 4.57 Å². The molecule has 2 heterocycles. The monoisotopic (exact) mass is 343 g/mol. The summed E-state index contributed by atoms with van der Waals surface area (Å²) in [5, 5.41) is 5.53. The van der Waals surface area contributed by atoms with Crippen molar-refractivity contribution in [2.45, 2.75) is 27.3 Å². The normalized spacial score (nSPS) is 12.3. The van der Waals surface area contributed by atoms with Crippen molar-refractivity contribution < 1.29 is 0 Å². The maximum Gasteiger partial charge on any atom is 0.0506 e. The first-order valence-electron chi connectivity index (χ1n) is 8.95. The van der Waals surface area contributed by atoms with Crippen LogP contribution in [0.25, 0.3) is 42.0 Å². The lowest BCUT2D eigenvalue weighted by atomic mass is 10.1. The van der Waals surface area contributed by atoms with E-state index in [1.165, 1.54) is 47.5 Å². The summed E-state index contributed by atoms with van der Waals surface area (Å²) in [6, 6.07) is 20.5. The molecule has 0 amide bonds. The van der Waals surface area contributed by atoms with E-state index in [4.69, 9.17) is 0 Å². The molecule has 5 rings (SSSR count). The van der Waals surface area contributed by atoms with Gasteiger partial charge >= 0.3 is 0 Å². The van der Waals surface area contributed by atoms with E-state index in [-0.39, 0.29) is 0 Å². The fourth-order valence-electron chi connectivity index (χ4n) is 3.99. The zero-order valence-corrected chi connectivity index (χ0v) is 15.7. The largest absolute Gasteiger partial charge is 0.340 e. The first-order valence-corrected chi connectivity index (χ1v) is 9.77. The minimum absolute atomic E-state index is 0.623. The third kappa shape index (κ3) is 2.21. The number of thiophene rings is 1. The Kier molecular flexibility index (Phi) is 3.20. The summed E-state index contributed by atoms with van der Waals surface area (Å²) >= 11 is 1.90. The topological polar surface area (TPSA) is 4.93 Å². The molecule has 1 nitrogen and oxygen atoms in total. The first-order chi connectivity index (χ1) is 12.1. The van der Waals surface area contributed by atoms with Gasteiger partial charge in [-0.15, -0.1) is 11.3 Å². The maximum atomic E-state index is 2.51. The highest BCUT2D eigenvalue weighted by molar-refractivity contribution is 7.25. The van der Waals surface area contributed by atoms with Gasteiger partial charge in [-0.3, -0.25) is 0 Å². The third-order valence-electron chi connectivity index (χ3n) is 5.07. The Labute approximate surface area is 151 Å². The van der Waals surface area contributed by atoms with Gasteiger partial charge in [0.2, 0.25) is 0 Å². The van der Waals surface area contributed by atoms with Gasteiger partial charge in [-0.2, -0.15) is 0 Å². The molecule has 0 atom stereocenters. The van der Waals surface area contributed by atoms with Gasteiger partial charge in [0.15, 0.2) is 0 Å². The molecular weight excluding hydrogens is 322 g/mol. The molecule has 2 heteroatoms. The quantitative estimate of drug-likeness (QED) is 0.321. The molecule has 0 bridgehead atoms.